The van der Waals surface area contributed by atoms with Crippen molar-refractivity contribution in [1.29, 1.82) is 0 Å². The first-order valence-electron chi connectivity index (χ1n) is 6.80. The summed E-state index contributed by atoms with van der Waals surface area (Å²) in [4.78, 5) is 23.7. The van der Waals surface area contributed by atoms with Gasteiger partial charge >= 0.3 is 6.61 Å². The summed E-state index contributed by atoms with van der Waals surface area (Å²) < 4.78 is 28.4. The normalized spacial score (nSPS) is 12.7. The van der Waals surface area contributed by atoms with Gasteiger partial charge in [-0.25, -0.2) is 0 Å². The Labute approximate surface area is 130 Å². The maximum Gasteiger partial charge on any atom is 0.387 e. The van der Waals surface area contributed by atoms with Gasteiger partial charge < -0.3 is 15.4 Å². The molecule has 0 radical (unpaired) electrons. The van der Waals surface area contributed by atoms with Crippen LogP contribution in [0.25, 0.3) is 0 Å². The molecule has 1 aliphatic heterocycles. The van der Waals surface area contributed by atoms with Crippen LogP contribution in [0.5, 0.6) is 5.75 Å². The lowest BCUT2D eigenvalue weighted by molar-refractivity contribution is -0.0498. The van der Waals surface area contributed by atoms with Crippen molar-refractivity contribution in [3.05, 3.63) is 59.2 Å². The van der Waals surface area contributed by atoms with Crippen LogP contribution in [0.1, 0.15) is 26.3 Å². The van der Waals surface area contributed by atoms with Crippen LogP contribution in [0.15, 0.2) is 42.5 Å². The van der Waals surface area contributed by atoms with Gasteiger partial charge in [-0.15, -0.1) is 0 Å². The molecule has 0 aromatic heterocycles. The average molecular weight is 318 g/mol. The minimum atomic E-state index is -2.91. The topological polar surface area (TPSA) is 67.4 Å². The van der Waals surface area contributed by atoms with Gasteiger partial charge in [0.2, 0.25) is 0 Å². The van der Waals surface area contributed by atoms with Gasteiger partial charge in [0.15, 0.2) is 0 Å². The summed E-state index contributed by atoms with van der Waals surface area (Å²) in [6.45, 7) is -2.43. The number of hydrogen-bond acceptors (Lipinski definition) is 3. The third-order valence-electron chi connectivity index (χ3n) is 3.39. The third kappa shape index (κ3) is 3.28. The van der Waals surface area contributed by atoms with E-state index in [-0.39, 0.29) is 17.2 Å². The Morgan fingerprint density at radius 3 is 2.61 bits per heavy atom. The molecule has 0 atom stereocenters. The van der Waals surface area contributed by atoms with E-state index in [1.807, 2.05) is 0 Å². The second-order valence-electron chi connectivity index (χ2n) is 4.91. The fourth-order valence-electron chi connectivity index (χ4n) is 2.28. The van der Waals surface area contributed by atoms with Gasteiger partial charge in [0, 0.05) is 23.4 Å². The second-order valence-corrected chi connectivity index (χ2v) is 4.91. The average Bonchev–Trinajstić information content (AvgIpc) is 2.88. The number of carbonyl (C=O) groups excluding carboxylic acids is 2. The number of fused-ring (bicyclic) bond motifs is 1. The van der Waals surface area contributed by atoms with Gasteiger partial charge in [0.25, 0.3) is 11.8 Å². The zero-order valence-corrected chi connectivity index (χ0v) is 11.8. The number of halogens is 2. The number of ether oxygens (including phenoxy) is 1. The van der Waals surface area contributed by atoms with Crippen LogP contribution in [0.2, 0.25) is 0 Å². The molecule has 0 fully saturated rings. The van der Waals surface area contributed by atoms with Gasteiger partial charge in [-0.1, -0.05) is 6.07 Å². The van der Waals surface area contributed by atoms with E-state index in [0.717, 1.165) is 5.56 Å². The van der Waals surface area contributed by atoms with Crippen molar-refractivity contribution in [3.63, 3.8) is 0 Å². The Balaban J connectivity index is 1.72. The molecule has 5 nitrogen and oxygen atoms in total. The van der Waals surface area contributed by atoms with Crippen molar-refractivity contribution in [3.8, 4) is 5.75 Å². The van der Waals surface area contributed by atoms with Crippen molar-refractivity contribution in [2.24, 2.45) is 0 Å². The fraction of sp³-hybridized carbons (Fsp3) is 0.125. The molecule has 2 amide bonds. The third-order valence-corrected chi connectivity index (χ3v) is 3.39. The van der Waals surface area contributed by atoms with Crippen LogP contribution in [0, 0.1) is 0 Å². The Kier molecular flexibility index (Phi) is 3.92. The molecule has 0 saturated heterocycles. The largest absolute Gasteiger partial charge is 0.435 e. The van der Waals surface area contributed by atoms with Gasteiger partial charge in [-0.05, 0) is 42.0 Å². The maximum atomic E-state index is 12.1. The van der Waals surface area contributed by atoms with E-state index >= 15 is 0 Å². The molecule has 1 aliphatic rings. The van der Waals surface area contributed by atoms with Crippen molar-refractivity contribution in [2.75, 3.05) is 5.32 Å². The van der Waals surface area contributed by atoms with Gasteiger partial charge in [0.1, 0.15) is 5.75 Å². The van der Waals surface area contributed by atoms with Gasteiger partial charge in [0.05, 0.1) is 0 Å². The van der Waals surface area contributed by atoms with E-state index < -0.39 is 12.5 Å². The van der Waals surface area contributed by atoms with Gasteiger partial charge in [-0.2, -0.15) is 8.78 Å². The Morgan fingerprint density at radius 1 is 1.17 bits per heavy atom. The summed E-state index contributed by atoms with van der Waals surface area (Å²) in [5.74, 6) is -0.609. The number of alkyl halides is 2. The molecule has 0 saturated carbocycles. The van der Waals surface area contributed by atoms with E-state index in [1.165, 1.54) is 24.3 Å². The van der Waals surface area contributed by atoms with Crippen molar-refractivity contribution >= 4 is 17.5 Å². The van der Waals surface area contributed by atoms with Crippen molar-refractivity contribution in [2.45, 2.75) is 13.2 Å². The molecule has 2 N–H and O–H groups in total. The van der Waals surface area contributed by atoms with Crippen LogP contribution in [0.3, 0.4) is 0 Å². The second kappa shape index (κ2) is 6.04. The fourth-order valence-corrected chi connectivity index (χ4v) is 2.28. The molecule has 1 heterocycles. The lowest BCUT2D eigenvalue weighted by atomic mass is 10.1. The number of benzene rings is 2. The molecule has 2 aromatic carbocycles. The minimum Gasteiger partial charge on any atom is -0.435 e. The number of rotatable bonds is 4. The van der Waals surface area contributed by atoms with Crippen LogP contribution in [-0.4, -0.2) is 18.4 Å². The predicted molar refractivity (Wildman–Crippen MR) is 78.6 cm³/mol. The van der Waals surface area contributed by atoms with E-state index in [9.17, 15) is 18.4 Å². The molecule has 0 unspecified atom stereocenters. The lowest BCUT2D eigenvalue weighted by Crippen LogP contribution is -2.14. The summed E-state index contributed by atoms with van der Waals surface area (Å²) in [6, 6.07) is 10.4. The van der Waals surface area contributed by atoms with Crippen LogP contribution in [0.4, 0.5) is 14.5 Å². The highest BCUT2D eigenvalue weighted by molar-refractivity contribution is 6.05. The maximum absolute atomic E-state index is 12.1. The minimum absolute atomic E-state index is 0.0225. The molecular weight excluding hydrogens is 306 g/mol. The summed E-state index contributed by atoms with van der Waals surface area (Å²) in [5, 5.41) is 5.35. The molecule has 118 valence electrons. The van der Waals surface area contributed by atoms with Gasteiger partial charge in [-0.3, -0.25) is 9.59 Å². The number of hydrogen-bond donors (Lipinski definition) is 2. The molecule has 0 spiro atoms. The van der Waals surface area contributed by atoms with E-state index in [0.29, 0.717) is 17.8 Å². The standard InChI is InChI=1S/C16H12F2N2O3/c17-16(18)23-12-5-2-9(3-6-12)14(21)20-11-4-1-10-8-19-15(22)13(10)7-11/h1-7,16H,8H2,(H,19,22)(H,20,21). The molecule has 2 aromatic rings. The summed E-state index contributed by atoms with van der Waals surface area (Å²) in [5.41, 5.74) is 2.18. The number of anilines is 1. The smallest absolute Gasteiger partial charge is 0.387 e. The monoisotopic (exact) mass is 318 g/mol. The quantitative estimate of drug-likeness (QED) is 0.911. The number of amides is 2. The SMILES string of the molecule is O=C(Nc1ccc2c(c1)C(=O)NC2)c1ccc(OC(F)F)cc1. The van der Waals surface area contributed by atoms with E-state index in [1.54, 1.807) is 18.2 Å². The Hall–Kier alpha value is -2.96. The molecule has 0 bridgehead atoms. The Morgan fingerprint density at radius 2 is 1.91 bits per heavy atom. The highest BCUT2D eigenvalue weighted by Gasteiger charge is 2.19. The molecular formula is C16H12F2N2O3. The van der Waals surface area contributed by atoms with Crippen LogP contribution in [-0.2, 0) is 6.54 Å². The van der Waals surface area contributed by atoms with Crippen molar-refractivity contribution < 1.29 is 23.1 Å². The first-order valence-corrected chi connectivity index (χ1v) is 6.80. The highest BCUT2D eigenvalue weighted by Crippen LogP contribution is 2.21. The zero-order chi connectivity index (χ0) is 16.4. The van der Waals surface area contributed by atoms with Crippen molar-refractivity contribution in [1.82, 2.24) is 5.32 Å². The first-order chi connectivity index (χ1) is 11.0. The Bertz CT molecular complexity index is 760. The molecule has 0 aliphatic carbocycles. The molecule has 7 heteroatoms. The highest BCUT2D eigenvalue weighted by atomic mass is 19.3. The van der Waals surface area contributed by atoms with Crippen LogP contribution >= 0.6 is 0 Å². The summed E-state index contributed by atoms with van der Waals surface area (Å²) in [6.07, 6.45) is 0. The summed E-state index contributed by atoms with van der Waals surface area (Å²) >= 11 is 0. The number of nitrogens with one attached hydrogen (secondary N) is 2. The van der Waals surface area contributed by atoms with E-state index in [2.05, 4.69) is 15.4 Å². The zero-order valence-electron chi connectivity index (χ0n) is 11.8. The molecule has 23 heavy (non-hydrogen) atoms. The number of carbonyl (C=O) groups is 2. The summed E-state index contributed by atoms with van der Waals surface area (Å²) in [7, 11) is 0. The lowest BCUT2D eigenvalue weighted by Gasteiger charge is -2.08. The predicted octanol–water partition coefficient (Wildman–Crippen LogP) is 2.78. The van der Waals surface area contributed by atoms with Crippen LogP contribution < -0.4 is 15.4 Å². The van der Waals surface area contributed by atoms with E-state index in [4.69, 9.17) is 0 Å². The molecule has 3 rings (SSSR count). The first kappa shape index (κ1) is 15.0.